The van der Waals surface area contributed by atoms with Gasteiger partial charge in [0.25, 0.3) is 0 Å². The molecular formula is C57H99NO16. The molecule has 0 unspecified atom stereocenters. The van der Waals surface area contributed by atoms with Crippen molar-refractivity contribution >= 4 is 47.9 Å². The number of unbranched alkanes of at least 4 members (excludes halogenated alkanes) is 18. The summed E-state index contributed by atoms with van der Waals surface area (Å²) in [5.74, 6) is -4.70. The van der Waals surface area contributed by atoms with Crippen molar-refractivity contribution in [1.82, 2.24) is 4.90 Å². The molecule has 0 aromatic carbocycles. The van der Waals surface area contributed by atoms with Gasteiger partial charge < -0.3 is 42.8 Å². The van der Waals surface area contributed by atoms with Gasteiger partial charge >= 0.3 is 47.9 Å². The highest BCUT2D eigenvalue weighted by Gasteiger charge is 2.49. The van der Waals surface area contributed by atoms with Gasteiger partial charge in [0.15, 0.2) is 0 Å². The first-order valence-corrected chi connectivity index (χ1v) is 28.7. The van der Waals surface area contributed by atoms with Crippen LogP contribution < -0.4 is 0 Å². The van der Waals surface area contributed by atoms with Gasteiger partial charge in [-0.3, -0.25) is 28.8 Å². The minimum atomic E-state index is -2.49. The van der Waals surface area contributed by atoms with E-state index in [0.29, 0.717) is 77.0 Å². The molecule has 0 saturated heterocycles. The van der Waals surface area contributed by atoms with E-state index < -0.39 is 54.0 Å². The second kappa shape index (κ2) is 42.7. The lowest BCUT2D eigenvalue weighted by atomic mass is 9.91. The summed E-state index contributed by atoms with van der Waals surface area (Å²) in [4.78, 5) is 107. The van der Waals surface area contributed by atoms with Crippen molar-refractivity contribution in [3.63, 3.8) is 0 Å². The van der Waals surface area contributed by atoms with Crippen LogP contribution in [0.5, 0.6) is 0 Å². The van der Waals surface area contributed by atoms with Crippen LogP contribution in [0.1, 0.15) is 253 Å². The van der Waals surface area contributed by atoms with Crippen LogP contribution in [0.3, 0.4) is 0 Å². The van der Waals surface area contributed by atoms with E-state index in [-0.39, 0.29) is 76.6 Å². The first-order valence-electron chi connectivity index (χ1n) is 28.7. The molecule has 0 heterocycles. The second-order valence-electron chi connectivity index (χ2n) is 20.7. The van der Waals surface area contributed by atoms with Crippen molar-refractivity contribution in [3.05, 3.63) is 0 Å². The number of hydrogen-bond acceptors (Lipinski definition) is 16. The Bertz CT molecular complexity index is 1520. The van der Waals surface area contributed by atoms with Crippen molar-refractivity contribution < 1.29 is 76.3 Å². The maximum absolute atomic E-state index is 14.3. The lowest BCUT2D eigenvalue weighted by molar-refractivity contribution is -0.191. The molecule has 0 aromatic rings. The zero-order chi connectivity index (χ0) is 54.7. The van der Waals surface area contributed by atoms with Gasteiger partial charge in [-0.15, -0.1) is 0 Å². The summed E-state index contributed by atoms with van der Waals surface area (Å²) in [6.07, 6.45) is 20.5. The fraction of sp³-hybridized carbons (Fsp3) is 0.860. The van der Waals surface area contributed by atoms with Gasteiger partial charge in [0.1, 0.15) is 5.60 Å². The van der Waals surface area contributed by atoms with E-state index in [1.807, 2.05) is 0 Å². The minimum absolute atomic E-state index is 0.0579. The Labute approximate surface area is 444 Å². The molecule has 1 amide bonds. The van der Waals surface area contributed by atoms with Gasteiger partial charge in [-0.05, 0) is 117 Å². The molecule has 1 rings (SSSR count). The number of carbonyl (C=O) groups excluding carboxylic acids is 8. The molecule has 17 nitrogen and oxygen atoms in total. The summed E-state index contributed by atoms with van der Waals surface area (Å²) in [7, 11) is 0. The summed E-state index contributed by atoms with van der Waals surface area (Å²) in [6, 6.07) is -0.156. The Balaban J connectivity index is 3.10. The Morgan fingerprint density at radius 1 is 0.392 bits per heavy atom. The molecular weight excluding hydrogens is 955 g/mol. The Morgan fingerprint density at radius 2 is 0.730 bits per heavy atom. The molecule has 1 aliphatic rings. The fourth-order valence-corrected chi connectivity index (χ4v) is 8.02. The topological polar surface area (TPSA) is 214 Å². The predicted octanol–water partition coefficient (Wildman–Crippen LogP) is 12.1. The van der Waals surface area contributed by atoms with Crippen LogP contribution in [-0.4, -0.2) is 116 Å². The number of rotatable bonds is 46. The van der Waals surface area contributed by atoms with Crippen molar-refractivity contribution in [1.29, 1.82) is 0 Å². The molecule has 0 bridgehead atoms. The van der Waals surface area contributed by atoms with Crippen LogP contribution in [0, 0.1) is 0 Å². The average Bonchev–Trinajstić information content (AvgIpc) is 3.32. The fourth-order valence-electron chi connectivity index (χ4n) is 8.02. The van der Waals surface area contributed by atoms with Crippen molar-refractivity contribution in [3.8, 4) is 0 Å². The maximum Gasteiger partial charge on any atom is 0.410 e. The monoisotopic (exact) mass is 1050 g/mol. The second-order valence-corrected chi connectivity index (χ2v) is 20.7. The van der Waals surface area contributed by atoms with Crippen LogP contribution in [0.25, 0.3) is 0 Å². The predicted molar refractivity (Wildman–Crippen MR) is 281 cm³/mol. The molecule has 1 aliphatic carbocycles. The average molecular weight is 1050 g/mol. The third-order valence-electron chi connectivity index (χ3n) is 12.6. The van der Waals surface area contributed by atoms with Crippen LogP contribution in [0.2, 0.25) is 0 Å². The van der Waals surface area contributed by atoms with E-state index in [0.717, 1.165) is 116 Å². The Hall–Kier alpha value is -4.44. The van der Waals surface area contributed by atoms with Gasteiger partial charge in [-0.1, -0.05) is 97.8 Å². The molecule has 428 valence electrons. The van der Waals surface area contributed by atoms with E-state index in [1.165, 1.54) is 4.90 Å². The third kappa shape index (κ3) is 35.7. The number of ether oxygens (including phenoxy) is 8. The minimum Gasteiger partial charge on any atom is -0.466 e. The van der Waals surface area contributed by atoms with Gasteiger partial charge in [0.2, 0.25) is 5.60 Å². The summed E-state index contributed by atoms with van der Waals surface area (Å²) in [6.45, 7) is 11.9. The van der Waals surface area contributed by atoms with Gasteiger partial charge in [0, 0.05) is 31.8 Å². The number of amides is 1. The molecule has 17 heteroatoms. The summed E-state index contributed by atoms with van der Waals surface area (Å²) in [5.41, 5.74) is -3.28. The largest absolute Gasteiger partial charge is 0.466 e. The first kappa shape index (κ1) is 67.6. The third-order valence-corrected chi connectivity index (χ3v) is 12.6. The molecule has 0 atom stereocenters. The lowest BCUT2D eigenvalue weighted by Gasteiger charge is -2.38. The van der Waals surface area contributed by atoms with Crippen molar-refractivity contribution in [2.24, 2.45) is 0 Å². The van der Waals surface area contributed by atoms with E-state index in [9.17, 15) is 38.4 Å². The number of carbonyl (C=O) groups is 8. The quantitative estimate of drug-likeness (QED) is 0.0315. The summed E-state index contributed by atoms with van der Waals surface area (Å²) < 4.78 is 44.3. The number of nitrogens with zero attached hydrogens (tertiary/aromatic N) is 1. The number of esters is 7. The van der Waals surface area contributed by atoms with E-state index in [1.54, 1.807) is 20.8 Å². The van der Waals surface area contributed by atoms with Crippen LogP contribution in [0.15, 0.2) is 0 Å². The smallest absolute Gasteiger partial charge is 0.410 e. The van der Waals surface area contributed by atoms with Crippen molar-refractivity contribution in [2.45, 2.75) is 271 Å². The normalized spacial score (nSPS) is 12.5. The van der Waals surface area contributed by atoms with Crippen LogP contribution in [-0.2, 0) is 71.5 Å². The molecule has 0 N–H and O–H groups in total. The summed E-state index contributed by atoms with van der Waals surface area (Å²) in [5, 5.41) is 0. The number of hydrogen-bond donors (Lipinski definition) is 0. The van der Waals surface area contributed by atoms with E-state index in [4.69, 9.17) is 37.9 Å². The van der Waals surface area contributed by atoms with Gasteiger partial charge in [0.05, 0.1) is 58.9 Å². The Morgan fingerprint density at radius 3 is 1.07 bits per heavy atom. The van der Waals surface area contributed by atoms with Gasteiger partial charge in [-0.25, -0.2) is 9.59 Å². The molecule has 74 heavy (non-hydrogen) atoms. The summed E-state index contributed by atoms with van der Waals surface area (Å²) >= 11 is 0. The first-order chi connectivity index (χ1) is 35.5. The highest BCUT2D eigenvalue weighted by Crippen LogP contribution is 2.29. The Kier molecular flexibility index (Phi) is 39.0. The van der Waals surface area contributed by atoms with E-state index in [2.05, 4.69) is 20.8 Å². The standard InChI is InChI=1S/C57H99NO16/c1-7-10-13-16-22-34-48(59)67-39-25-19-28-42-70-52(63)45-57(54(65)72-44-30-21-27-41-69-50(61)36-24-18-15-12-9-3,73-51(62)37-38-58(47-32-31-33-47)55(66)74-56(4,5)6)46-53(64)71-43-29-20-26-40-68-49(60)35-23-17-14-11-8-2/h47H,7-46H2,1-6H3. The maximum atomic E-state index is 14.3. The highest BCUT2D eigenvalue weighted by molar-refractivity contribution is 5.92. The molecule has 1 saturated carbocycles. The van der Waals surface area contributed by atoms with Gasteiger partial charge in [-0.2, -0.15) is 0 Å². The zero-order valence-corrected chi connectivity index (χ0v) is 46.8. The van der Waals surface area contributed by atoms with Crippen molar-refractivity contribution in [2.75, 3.05) is 46.2 Å². The molecule has 1 fully saturated rings. The molecule has 0 spiro atoms. The van der Waals surface area contributed by atoms with Crippen LogP contribution in [0.4, 0.5) is 4.79 Å². The molecule has 0 radical (unpaired) electrons. The SMILES string of the molecule is CCCCCCCC(=O)OCCCCCOC(=O)CC(CC(=O)OCCCCCOC(=O)CCCCCCC)(OC(=O)CCN(C(=O)OC(C)(C)C)C1CCC1)C(=O)OCCCCCOC(=O)CCCCCCC. The van der Waals surface area contributed by atoms with Crippen LogP contribution >= 0.6 is 0 Å². The zero-order valence-electron chi connectivity index (χ0n) is 46.8. The lowest BCUT2D eigenvalue weighted by Crippen LogP contribution is -2.50. The molecule has 0 aliphatic heterocycles. The highest BCUT2D eigenvalue weighted by atomic mass is 16.6. The van der Waals surface area contributed by atoms with E-state index >= 15 is 0 Å². The molecule has 0 aromatic heterocycles.